The molecule has 1 fully saturated rings. The molecule has 1 unspecified atom stereocenters. The Morgan fingerprint density at radius 3 is 2.74 bits per heavy atom. The fraction of sp³-hybridized carbons (Fsp3) is 0.611. The Morgan fingerprint density at radius 2 is 2.13 bits per heavy atom. The molecule has 23 heavy (non-hydrogen) atoms. The summed E-state index contributed by atoms with van der Waals surface area (Å²) in [6.45, 7) is 8.28. The molecule has 0 aliphatic carbocycles. The number of likely N-dealkylation sites (tertiary alicyclic amines) is 1. The number of ether oxygens (including phenoxy) is 1. The molecule has 0 aromatic heterocycles. The van der Waals surface area contributed by atoms with Crippen molar-refractivity contribution in [3.63, 3.8) is 0 Å². The highest BCUT2D eigenvalue weighted by molar-refractivity contribution is 5.74. The van der Waals surface area contributed by atoms with E-state index in [1.165, 1.54) is 0 Å². The Morgan fingerprint density at radius 1 is 1.43 bits per heavy atom. The monoisotopic (exact) mass is 320 g/mol. The van der Waals surface area contributed by atoms with Crippen molar-refractivity contribution in [2.24, 2.45) is 5.92 Å². The third-order valence-electron chi connectivity index (χ3n) is 4.46. The van der Waals surface area contributed by atoms with Gasteiger partial charge in [-0.15, -0.1) is 0 Å². The molecule has 5 heteroatoms. The van der Waals surface area contributed by atoms with Gasteiger partial charge in [-0.05, 0) is 51.2 Å². The molecule has 2 N–H and O–H groups in total. The third kappa shape index (κ3) is 4.86. The minimum absolute atomic E-state index is 0.0444. The van der Waals surface area contributed by atoms with Crippen LogP contribution in [0.1, 0.15) is 37.8 Å². The first kappa shape index (κ1) is 17.6. The van der Waals surface area contributed by atoms with Crippen molar-refractivity contribution >= 4 is 6.03 Å². The number of piperidine rings is 1. The van der Waals surface area contributed by atoms with Gasteiger partial charge in [-0.2, -0.15) is 0 Å². The number of carbonyl (C=O) groups excluding carboxylic acids is 1. The molecule has 0 radical (unpaired) electrons. The standard InChI is InChI=1S/C18H28N2O3/c1-4-23-17-11-13(2)5-6-16(17)12-19-18(22)20-9-7-15(8-10-20)14(3)21/h5-6,11,14-15,21H,4,7-10,12H2,1-3H3,(H,19,22). The minimum Gasteiger partial charge on any atom is -0.494 e. The van der Waals surface area contributed by atoms with E-state index >= 15 is 0 Å². The maximum atomic E-state index is 12.3. The van der Waals surface area contributed by atoms with Gasteiger partial charge in [0, 0.05) is 25.2 Å². The summed E-state index contributed by atoms with van der Waals surface area (Å²) in [5, 5.41) is 12.6. The lowest BCUT2D eigenvalue weighted by Gasteiger charge is -2.33. The average molecular weight is 320 g/mol. The second-order valence-corrected chi connectivity index (χ2v) is 6.27. The second-order valence-electron chi connectivity index (χ2n) is 6.27. The molecule has 1 aromatic rings. The number of nitrogens with one attached hydrogen (secondary N) is 1. The topological polar surface area (TPSA) is 61.8 Å². The van der Waals surface area contributed by atoms with Gasteiger partial charge in [-0.1, -0.05) is 12.1 Å². The van der Waals surface area contributed by atoms with Crippen molar-refractivity contribution in [2.75, 3.05) is 19.7 Å². The van der Waals surface area contributed by atoms with Crippen LogP contribution in [0.2, 0.25) is 0 Å². The predicted octanol–water partition coefficient (Wildman–Crippen LogP) is 2.70. The van der Waals surface area contributed by atoms with E-state index in [9.17, 15) is 9.90 Å². The number of hydrogen-bond donors (Lipinski definition) is 2. The fourth-order valence-corrected chi connectivity index (χ4v) is 2.97. The van der Waals surface area contributed by atoms with Gasteiger partial charge in [0.2, 0.25) is 0 Å². The first-order valence-corrected chi connectivity index (χ1v) is 8.44. The molecule has 1 aliphatic rings. The van der Waals surface area contributed by atoms with Crippen LogP contribution in [0.25, 0.3) is 0 Å². The largest absolute Gasteiger partial charge is 0.494 e. The van der Waals surface area contributed by atoms with E-state index in [1.807, 2.05) is 43.9 Å². The number of amides is 2. The van der Waals surface area contributed by atoms with E-state index in [0.717, 1.165) is 29.7 Å². The maximum Gasteiger partial charge on any atom is 0.317 e. The van der Waals surface area contributed by atoms with Crippen LogP contribution in [0.4, 0.5) is 4.79 Å². The lowest BCUT2D eigenvalue weighted by Crippen LogP contribution is -2.45. The summed E-state index contributed by atoms with van der Waals surface area (Å²) < 4.78 is 5.64. The van der Waals surface area contributed by atoms with Crippen LogP contribution in [-0.4, -0.2) is 41.8 Å². The average Bonchev–Trinajstić information content (AvgIpc) is 2.54. The summed E-state index contributed by atoms with van der Waals surface area (Å²) in [5.74, 6) is 1.14. The number of urea groups is 1. The van der Waals surface area contributed by atoms with Crippen LogP contribution in [0.5, 0.6) is 5.75 Å². The third-order valence-corrected chi connectivity index (χ3v) is 4.46. The summed E-state index contributed by atoms with van der Waals surface area (Å²) in [7, 11) is 0. The van der Waals surface area contributed by atoms with Gasteiger partial charge < -0.3 is 20.1 Å². The SMILES string of the molecule is CCOc1cc(C)ccc1CNC(=O)N1CCC(C(C)O)CC1. The predicted molar refractivity (Wildman–Crippen MR) is 90.6 cm³/mol. The molecule has 2 amide bonds. The van der Waals surface area contributed by atoms with E-state index in [1.54, 1.807) is 0 Å². The van der Waals surface area contributed by atoms with Crippen LogP contribution < -0.4 is 10.1 Å². The Bertz CT molecular complexity index is 523. The number of rotatable bonds is 5. The van der Waals surface area contributed by atoms with Crippen molar-refractivity contribution < 1.29 is 14.6 Å². The number of hydrogen-bond acceptors (Lipinski definition) is 3. The molecule has 1 aliphatic heterocycles. The first-order chi connectivity index (χ1) is 11.0. The van der Waals surface area contributed by atoms with Gasteiger partial charge in [-0.3, -0.25) is 0 Å². The number of aliphatic hydroxyl groups excluding tert-OH is 1. The lowest BCUT2D eigenvalue weighted by molar-refractivity contribution is 0.0798. The molecule has 1 atom stereocenters. The van der Waals surface area contributed by atoms with Crippen molar-refractivity contribution in [1.82, 2.24) is 10.2 Å². The van der Waals surface area contributed by atoms with Gasteiger partial charge in [0.15, 0.2) is 0 Å². The molecule has 0 saturated carbocycles. The van der Waals surface area contributed by atoms with E-state index in [4.69, 9.17) is 4.74 Å². The summed E-state index contributed by atoms with van der Waals surface area (Å²) in [6.07, 6.45) is 1.43. The highest BCUT2D eigenvalue weighted by atomic mass is 16.5. The van der Waals surface area contributed by atoms with E-state index in [-0.39, 0.29) is 12.1 Å². The zero-order chi connectivity index (χ0) is 16.8. The minimum atomic E-state index is -0.290. The number of carbonyl (C=O) groups is 1. The molecule has 1 saturated heterocycles. The smallest absolute Gasteiger partial charge is 0.317 e. The number of nitrogens with zero attached hydrogens (tertiary/aromatic N) is 1. The Hall–Kier alpha value is -1.75. The maximum absolute atomic E-state index is 12.3. The van der Waals surface area contributed by atoms with Crippen molar-refractivity contribution in [3.8, 4) is 5.75 Å². The molecule has 1 heterocycles. The molecule has 5 nitrogen and oxygen atoms in total. The van der Waals surface area contributed by atoms with Crippen molar-refractivity contribution in [2.45, 2.75) is 46.3 Å². The van der Waals surface area contributed by atoms with Gasteiger partial charge >= 0.3 is 6.03 Å². The summed E-state index contributed by atoms with van der Waals surface area (Å²) in [5.41, 5.74) is 2.13. The zero-order valence-electron chi connectivity index (χ0n) is 14.3. The van der Waals surface area contributed by atoms with Gasteiger partial charge in [0.05, 0.1) is 12.7 Å². The molecular weight excluding hydrogens is 292 g/mol. The number of aliphatic hydroxyl groups is 1. The van der Waals surface area contributed by atoms with Crippen LogP contribution in [0, 0.1) is 12.8 Å². The van der Waals surface area contributed by atoms with Crippen LogP contribution in [-0.2, 0) is 6.54 Å². The molecule has 128 valence electrons. The van der Waals surface area contributed by atoms with E-state index < -0.39 is 0 Å². The van der Waals surface area contributed by atoms with Gasteiger partial charge in [0.1, 0.15) is 5.75 Å². The van der Waals surface area contributed by atoms with Crippen LogP contribution >= 0.6 is 0 Å². The second kappa shape index (κ2) is 8.20. The Labute approximate surface area is 138 Å². The van der Waals surface area contributed by atoms with Crippen molar-refractivity contribution in [1.29, 1.82) is 0 Å². The van der Waals surface area contributed by atoms with Gasteiger partial charge in [-0.25, -0.2) is 4.79 Å². The number of benzene rings is 1. The van der Waals surface area contributed by atoms with Gasteiger partial charge in [0.25, 0.3) is 0 Å². The van der Waals surface area contributed by atoms with Crippen LogP contribution in [0.3, 0.4) is 0 Å². The molecular formula is C18H28N2O3. The van der Waals surface area contributed by atoms with E-state index in [0.29, 0.717) is 32.2 Å². The lowest BCUT2D eigenvalue weighted by atomic mass is 9.92. The fourth-order valence-electron chi connectivity index (χ4n) is 2.97. The summed E-state index contributed by atoms with van der Waals surface area (Å²) in [4.78, 5) is 14.1. The van der Waals surface area contributed by atoms with E-state index in [2.05, 4.69) is 5.32 Å². The molecule has 0 spiro atoms. The number of aryl methyl sites for hydroxylation is 1. The Balaban J connectivity index is 1.88. The first-order valence-electron chi connectivity index (χ1n) is 8.44. The highest BCUT2D eigenvalue weighted by Gasteiger charge is 2.25. The zero-order valence-corrected chi connectivity index (χ0v) is 14.3. The summed E-state index contributed by atoms with van der Waals surface area (Å²) >= 11 is 0. The normalized spacial score (nSPS) is 17.0. The summed E-state index contributed by atoms with van der Waals surface area (Å²) in [6, 6.07) is 5.98. The quantitative estimate of drug-likeness (QED) is 0.877. The highest BCUT2D eigenvalue weighted by Crippen LogP contribution is 2.22. The Kier molecular flexibility index (Phi) is 6.28. The van der Waals surface area contributed by atoms with Crippen molar-refractivity contribution in [3.05, 3.63) is 29.3 Å². The van der Waals surface area contributed by atoms with Crippen LogP contribution in [0.15, 0.2) is 18.2 Å². The molecule has 1 aromatic carbocycles. The molecule has 0 bridgehead atoms. The molecule has 2 rings (SSSR count).